The van der Waals surface area contributed by atoms with Crippen LogP contribution < -0.4 is 5.32 Å². The molecule has 1 aliphatic rings. The van der Waals surface area contributed by atoms with Gasteiger partial charge in [0.1, 0.15) is 0 Å². The summed E-state index contributed by atoms with van der Waals surface area (Å²) >= 11 is 0. The maximum Gasteiger partial charge on any atom is 0.306 e. The van der Waals surface area contributed by atoms with Gasteiger partial charge in [0.25, 0.3) is 0 Å². The van der Waals surface area contributed by atoms with Gasteiger partial charge in [-0.05, 0) is 52.4 Å². The Bertz CT molecular complexity index is 240. The highest BCUT2D eigenvalue weighted by molar-refractivity contribution is 5.69. The lowest BCUT2D eigenvalue weighted by Crippen LogP contribution is -2.33. The first kappa shape index (κ1) is 14.5. The molecule has 0 aromatic heterocycles. The fraction of sp³-hybridized carbons (Fsp3) is 0.923. The number of carboxylic acid groups (broad SMARTS) is 1. The van der Waals surface area contributed by atoms with Gasteiger partial charge in [0, 0.05) is 6.54 Å². The molecule has 17 heavy (non-hydrogen) atoms. The number of aliphatic carboxylic acids is 1. The number of nitrogens with one attached hydrogen (secondary N) is 1. The molecule has 0 heterocycles. The summed E-state index contributed by atoms with van der Waals surface area (Å²) in [6.45, 7) is 7.61. The van der Waals surface area contributed by atoms with Crippen molar-refractivity contribution >= 4 is 5.97 Å². The molecule has 4 heteroatoms. The van der Waals surface area contributed by atoms with Crippen LogP contribution in [0.5, 0.6) is 0 Å². The number of carboxylic acids is 1. The Kier molecular flexibility index (Phi) is 5.40. The molecule has 1 fully saturated rings. The lowest BCUT2D eigenvalue weighted by Gasteiger charge is -2.27. The topological polar surface area (TPSA) is 58.6 Å². The molecule has 0 aromatic rings. The second-order valence-electron chi connectivity index (χ2n) is 5.91. The van der Waals surface area contributed by atoms with Gasteiger partial charge in [0.15, 0.2) is 0 Å². The van der Waals surface area contributed by atoms with Gasteiger partial charge in [-0.15, -0.1) is 0 Å². The summed E-state index contributed by atoms with van der Waals surface area (Å²) in [6, 6.07) is 0. The maximum atomic E-state index is 10.8. The second kappa shape index (κ2) is 6.36. The van der Waals surface area contributed by atoms with E-state index in [-0.39, 0.29) is 11.5 Å². The predicted octanol–water partition coefficient (Wildman–Crippen LogP) is 2.24. The number of hydrogen-bond donors (Lipinski definition) is 2. The van der Waals surface area contributed by atoms with E-state index in [0.29, 0.717) is 12.6 Å². The van der Waals surface area contributed by atoms with Crippen molar-refractivity contribution in [2.45, 2.75) is 52.1 Å². The van der Waals surface area contributed by atoms with Crippen LogP contribution in [-0.2, 0) is 9.53 Å². The zero-order chi connectivity index (χ0) is 12.9. The molecule has 0 radical (unpaired) electrons. The maximum absolute atomic E-state index is 10.8. The van der Waals surface area contributed by atoms with E-state index in [1.165, 1.54) is 0 Å². The fourth-order valence-corrected chi connectivity index (χ4v) is 2.14. The van der Waals surface area contributed by atoms with Gasteiger partial charge in [-0.2, -0.15) is 0 Å². The lowest BCUT2D eigenvalue weighted by atomic mass is 9.82. The summed E-state index contributed by atoms with van der Waals surface area (Å²) in [7, 11) is 0. The van der Waals surface area contributed by atoms with Gasteiger partial charge in [-0.3, -0.25) is 10.1 Å². The molecule has 1 aliphatic carbocycles. The second-order valence-corrected chi connectivity index (χ2v) is 5.91. The van der Waals surface area contributed by atoms with Crippen molar-refractivity contribution in [1.82, 2.24) is 5.32 Å². The summed E-state index contributed by atoms with van der Waals surface area (Å²) < 4.78 is 5.57. The van der Waals surface area contributed by atoms with E-state index < -0.39 is 5.97 Å². The van der Waals surface area contributed by atoms with Crippen molar-refractivity contribution in [2.75, 3.05) is 13.3 Å². The van der Waals surface area contributed by atoms with Gasteiger partial charge >= 0.3 is 5.97 Å². The molecule has 1 saturated carbocycles. The smallest absolute Gasteiger partial charge is 0.306 e. The summed E-state index contributed by atoms with van der Waals surface area (Å²) in [5.74, 6) is -0.140. The zero-order valence-electron chi connectivity index (χ0n) is 11.2. The molecule has 0 bridgehead atoms. The highest BCUT2D eigenvalue weighted by Gasteiger charge is 2.25. The molecule has 4 nitrogen and oxygen atoms in total. The summed E-state index contributed by atoms with van der Waals surface area (Å²) in [6.07, 6.45) is 3.67. The first-order valence-corrected chi connectivity index (χ1v) is 6.46. The quantitative estimate of drug-likeness (QED) is 0.574. The third kappa shape index (κ3) is 6.03. The van der Waals surface area contributed by atoms with Crippen LogP contribution in [0.25, 0.3) is 0 Å². The Morgan fingerprint density at radius 2 is 1.88 bits per heavy atom. The molecule has 1 rings (SSSR count). The van der Waals surface area contributed by atoms with E-state index >= 15 is 0 Å². The van der Waals surface area contributed by atoms with E-state index in [1.807, 2.05) is 20.8 Å². The summed E-state index contributed by atoms with van der Waals surface area (Å²) in [5.41, 5.74) is -0.103. The normalized spacial score (nSPS) is 25.8. The van der Waals surface area contributed by atoms with E-state index in [0.717, 1.165) is 32.2 Å². The number of hydrogen-bond acceptors (Lipinski definition) is 3. The molecular formula is C13H25NO3. The van der Waals surface area contributed by atoms with Crippen molar-refractivity contribution in [2.24, 2.45) is 11.8 Å². The van der Waals surface area contributed by atoms with Crippen LogP contribution in [0.4, 0.5) is 0 Å². The van der Waals surface area contributed by atoms with Crippen LogP contribution in [0.1, 0.15) is 46.5 Å². The summed E-state index contributed by atoms with van der Waals surface area (Å²) in [5, 5.41) is 12.2. The van der Waals surface area contributed by atoms with Crippen molar-refractivity contribution < 1.29 is 14.6 Å². The largest absolute Gasteiger partial charge is 0.481 e. The van der Waals surface area contributed by atoms with Crippen molar-refractivity contribution in [3.8, 4) is 0 Å². The van der Waals surface area contributed by atoms with Crippen LogP contribution >= 0.6 is 0 Å². The fourth-order valence-electron chi connectivity index (χ4n) is 2.14. The van der Waals surface area contributed by atoms with E-state index in [1.54, 1.807) is 0 Å². The highest BCUT2D eigenvalue weighted by atomic mass is 16.5. The molecule has 0 spiro atoms. The predicted molar refractivity (Wildman–Crippen MR) is 66.8 cm³/mol. The monoisotopic (exact) mass is 243 g/mol. The molecule has 0 aromatic carbocycles. The molecule has 2 N–H and O–H groups in total. The first-order chi connectivity index (χ1) is 7.88. The van der Waals surface area contributed by atoms with Gasteiger partial charge < -0.3 is 9.84 Å². The lowest BCUT2D eigenvalue weighted by molar-refractivity contribution is -0.143. The highest BCUT2D eigenvalue weighted by Crippen LogP contribution is 2.28. The first-order valence-electron chi connectivity index (χ1n) is 6.46. The molecule has 0 atom stereocenters. The van der Waals surface area contributed by atoms with Crippen molar-refractivity contribution in [1.29, 1.82) is 0 Å². The number of ether oxygens (including phenoxy) is 1. The Hall–Kier alpha value is -0.610. The van der Waals surface area contributed by atoms with Crippen LogP contribution in [0, 0.1) is 11.8 Å². The minimum Gasteiger partial charge on any atom is -0.481 e. The SMILES string of the molecule is CC(C)(C)OCNCC1CCC(C(=O)O)CC1. The van der Waals surface area contributed by atoms with Gasteiger partial charge in [-0.1, -0.05) is 0 Å². The Labute approximate surface area is 104 Å². The molecule has 100 valence electrons. The minimum atomic E-state index is -0.632. The Morgan fingerprint density at radius 1 is 1.29 bits per heavy atom. The van der Waals surface area contributed by atoms with Crippen LogP contribution in [0.15, 0.2) is 0 Å². The van der Waals surface area contributed by atoms with Crippen LogP contribution in [0.3, 0.4) is 0 Å². The molecule has 0 aliphatic heterocycles. The average Bonchev–Trinajstić information content (AvgIpc) is 2.24. The third-order valence-corrected chi connectivity index (χ3v) is 3.24. The van der Waals surface area contributed by atoms with Crippen molar-refractivity contribution in [3.63, 3.8) is 0 Å². The number of carbonyl (C=O) groups is 1. The van der Waals surface area contributed by atoms with Crippen LogP contribution in [0.2, 0.25) is 0 Å². The minimum absolute atomic E-state index is 0.103. The average molecular weight is 243 g/mol. The standard InChI is InChI=1S/C13H25NO3/c1-13(2,3)17-9-14-8-10-4-6-11(7-5-10)12(15)16/h10-11,14H,4-9H2,1-3H3,(H,15,16). The van der Waals surface area contributed by atoms with Gasteiger partial charge in [0.2, 0.25) is 0 Å². The summed E-state index contributed by atoms with van der Waals surface area (Å²) in [4.78, 5) is 10.8. The van der Waals surface area contributed by atoms with Gasteiger partial charge in [-0.25, -0.2) is 0 Å². The van der Waals surface area contributed by atoms with Crippen molar-refractivity contribution in [3.05, 3.63) is 0 Å². The molecule has 0 amide bonds. The Balaban J connectivity index is 2.09. The number of rotatable bonds is 5. The van der Waals surface area contributed by atoms with E-state index in [2.05, 4.69) is 5.32 Å². The van der Waals surface area contributed by atoms with E-state index in [4.69, 9.17) is 9.84 Å². The molecular weight excluding hydrogens is 218 g/mol. The van der Waals surface area contributed by atoms with E-state index in [9.17, 15) is 4.79 Å². The third-order valence-electron chi connectivity index (χ3n) is 3.24. The van der Waals surface area contributed by atoms with Gasteiger partial charge in [0.05, 0.1) is 18.2 Å². The zero-order valence-corrected chi connectivity index (χ0v) is 11.2. The van der Waals surface area contributed by atoms with Crippen LogP contribution in [-0.4, -0.2) is 30.0 Å². The molecule has 0 unspecified atom stereocenters. The molecule has 0 saturated heterocycles. The Morgan fingerprint density at radius 3 is 2.35 bits per heavy atom.